The van der Waals surface area contributed by atoms with Gasteiger partial charge >= 0.3 is 0 Å². The van der Waals surface area contributed by atoms with Crippen molar-refractivity contribution in [1.29, 1.82) is 0 Å². The molecule has 0 N–H and O–H groups in total. The van der Waals surface area contributed by atoms with Crippen LogP contribution in [-0.4, -0.2) is 0 Å². The largest absolute Gasteiger partial charge is 0.126 e. The van der Waals surface area contributed by atoms with Crippen LogP contribution in [0.1, 0.15) is 11.1 Å². The zero-order valence-corrected chi connectivity index (χ0v) is 14.3. The fourth-order valence-corrected chi connectivity index (χ4v) is 4.98. The first kappa shape index (κ1) is 12.8. The van der Waals surface area contributed by atoms with E-state index in [1.807, 2.05) is 0 Å². The van der Waals surface area contributed by atoms with Gasteiger partial charge in [-0.05, 0) is 78.3 Å². The van der Waals surface area contributed by atoms with Crippen LogP contribution >= 0.6 is 59.1 Å². The maximum atomic E-state index is 3.64. The highest BCUT2D eigenvalue weighted by Gasteiger charge is 2.16. The van der Waals surface area contributed by atoms with Crippen molar-refractivity contribution in [2.24, 2.45) is 0 Å². The van der Waals surface area contributed by atoms with Crippen molar-refractivity contribution in [3.05, 3.63) is 42.1 Å². The number of aryl methyl sites for hydroxylation is 2. The van der Waals surface area contributed by atoms with E-state index in [4.69, 9.17) is 0 Å². The van der Waals surface area contributed by atoms with Crippen LogP contribution in [0, 0.1) is 13.8 Å². The van der Waals surface area contributed by atoms with Crippen molar-refractivity contribution in [2.75, 3.05) is 0 Å². The predicted octanol–water partition coefficient (Wildman–Crippen LogP) is 6.32. The van der Waals surface area contributed by atoms with Crippen LogP contribution in [0.5, 0.6) is 0 Å². The summed E-state index contributed by atoms with van der Waals surface area (Å²) < 4.78 is 3.34. The van der Waals surface area contributed by atoms with Gasteiger partial charge in [-0.25, -0.2) is 0 Å². The van der Waals surface area contributed by atoms with Crippen LogP contribution in [0.4, 0.5) is 0 Å². The minimum Gasteiger partial charge on any atom is -0.126 e. The lowest BCUT2D eigenvalue weighted by Crippen LogP contribution is -1.85. The highest BCUT2D eigenvalue weighted by molar-refractivity contribution is 9.14. The topological polar surface area (TPSA) is 0 Å². The molecule has 0 aliphatic heterocycles. The molecule has 0 amide bonds. The second-order valence-electron chi connectivity index (χ2n) is 3.60. The first-order valence-corrected chi connectivity index (χ1v) is 7.91. The van der Waals surface area contributed by atoms with Crippen molar-refractivity contribution >= 4 is 59.1 Å². The summed E-state index contributed by atoms with van der Waals surface area (Å²) in [6.07, 6.45) is 0. The highest BCUT2D eigenvalue weighted by atomic mass is 79.9. The zero-order chi connectivity index (χ0) is 11.9. The maximum Gasteiger partial charge on any atom is 0.0858 e. The third-order valence-corrected chi connectivity index (χ3v) is 7.52. The molecule has 0 atom stereocenters. The standard InChI is InChI=1S/C12H9Br3S/c1-6-4-3-5-7(2)8(6)11-9(13)10(14)12(15)16-11/h3-5H,1-2H3. The SMILES string of the molecule is Cc1cccc(C)c1-c1sc(Br)c(Br)c1Br. The van der Waals surface area contributed by atoms with Gasteiger partial charge < -0.3 is 0 Å². The lowest BCUT2D eigenvalue weighted by Gasteiger charge is -2.08. The van der Waals surface area contributed by atoms with Gasteiger partial charge in [0.25, 0.3) is 0 Å². The van der Waals surface area contributed by atoms with E-state index < -0.39 is 0 Å². The molecule has 4 heteroatoms. The molecule has 0 spiro atoms. The Balaban J connectivity index is 2.72. The average molecular weight is 425 g/mol. The van der Waals surface area contributed by atoms with Crippen molar-refractivity contribution in [1.82, 2.24) is 0 Å². The van der Waals surface area contributed by atoms with Gasteiger partial charge in [-0.3, -0.25) is 0 Å². The first-order chi connectivity index (χ1) is 7.52. The molecule has 0 aliphatic carbocycles. The molecule has 1 aromatic heterocycles. The molecule has 0 bridgehead atoms. The monoisotopic (exact) mass is 422 g/mol. The Morgan fingerprint density at radius 1 is 0.938 bits per heavy atom. The summed E-state index contributed by atoms with van der Waals surface area (Å²) in [5.41, 5.74) is 3.94. The van der Waals surface area contributed by atoms with E-state index in [-0.39, 0.29) is 0 Å². The average Bonchev–Trinajstić information content (AvgIpc) is 2.47. The number of hydrogen-bond donors (Lipinski definition) is 0. The van der Waals surface area contributed by atoms with E-state index in [0.717, 1.165) is 12.7 Å². The van der Waals surface area contributed by atoms with Crippen molar-refractivity contribution in [3.8, 4) is 10.4 Å². The van der Waals surface area contributed by atoms with E-state index in [2.05, 4.69) is 79.8 Å². The molecular formula is C12H9Br3S. The van der Waals surface area contributed by atoms with Crippen LogP contribution in [-0.2, 0) is 0 Å². The summed E-state index contributed by atoms with van der Waals surface area (Å²) in [5, 5.41) is 0. The summed E-state index contributed by atoms with van der Waals surface area (Å²) in [4.78, 5) is 1.27. The fourth-order valence-electron chi connectivity index (χ4n) is 1.70. The van der Waals surface area contributed by atoms with Gasteiger partial charge in [0, 0.05) is 0 Å². The van der Waals surface area contributed by atoms with Crippen LogP contribution < -0.4 is 0 Å². The maximum absolute atomic E-state index is 3.64. The quantitative estimate of drug-likeness (QED) is 0.502. The number of thiophene rings is 1. The molecular weight excluding hydrogens is 416 g/mol. The molecule has 0 unspecified atom stereocenters. The van der Waals surface area contributed by atoms with Crippen LogP contribution in [0.15, 0.2) is 30.9 Å². The first-order valence-electron chi connectivity index (χ1n) is 4.72. The molecule has 0 nitrogen and oxygen atoms in total. The summed E-state index contributed by atoms with van der Waals surface area (Å²) >= 11 is 12.5. The summed E-state index contributed by atoms with van der Waals surface area (Å²) in [6.45, 7) is 4.30. The smallest absolute Gasteiger partial charge is 0.0858 e. The molecule has 0 saturated heterocycles. The van der Waals surface area contributed by atoms with E-state index in [1.165, 1.54) is 21.6 Å². The zero-order valence-electron chi connectivity index (χ0n) is 8.77. The molecule has 0 saturated carbocycles. The Morgan fingerprint density at radius 2 is 1.50 bits per heavy atom. The highest BCUT2D eigenvalue weighted by Crippen LogP contribution is 2.47. The molecule has 16 heavy (non-hydrogen) atoms. The molecule has 1 aromatic carbocycles. The normalized spacial score (nSPS) is 10.8. The van der Waals surface area contributed by atoms with E-state index >= 15 is 0 Å². The minimum atomic E-state index is 1.09. The van der Waals surface area contributed by atoms with E-state index in [0.29, 0.717) is 0 Å². The van der Waals surface area contributed by atoms with Gasteiger partial charge in [-0.15, -0.1) is 11.3 Å². The third-order valence-electron chi connectivity index (χ3n) is 2.46. The van der Waals surface area contributed by atoms with Crippen molar-refractivity contribution in [3.63, 3.8) is 0 Å². The van der Waals surface area contributed by atoms with Gasteiger partial charge in [-0.2, -0.15) is 0 Å². The van der Waals surface area contributed by atoms with Gasteiger partial charge in [-0.1, -0.05) is 18.2 Å². The van der Waals surface area contributed by atoms with Gasteiger partial charge in [0.1, 0.15) is 0 Å². The predicted molar refractivity (Wildman–Crippen MR) is 82.3 cm³/mol. The summed E-state index contributed by atoms with van der Waals surface area (Å²) in [5.74, 6) is 0. The summed E-state index contributed by atoms with van der Waals surface area (Å²) in [7, 11) is 0. The molecule has 0 fully saturated rings. The fraction of sp³-hybridized carbons (Fsp3) is 0.167. The molecule has 2 aromatic rings. The molecule has 0 aliphatic rings. The Bertz CT molecular complexity index is 523. The number of rotatable bonds is 1. The third kappa shape index (κ3) is 2.17. The molecule has 84 valence electrons. The van der Waals surface area contributed by atoms with Crippen LogP contribution in [0.3, 0.4) is 0 Å². The Morgan fingerprint density at radius 3 is 1.94 bits per heavy atom. The lowest BCUT2D eigenvalue weighted by molar-refractivity contribution is 1.39. The Labute approximate surface area is 124 Å². The van der Waals surface area contributed by atoms with Crippen LogP contribution in [0.2, 0.25) is 0 Å². The Kier molecular flexibility index (Phi) is 3.94. The van der Waals surface area contributed by atoms with Crippen molar-refractivity contribution < 1.29 is 0 Å². The lowest BCUT2D eigenvalue weighted by atomic mass is 10.0. The Hall–Kier alpha value is 0.360. The van der Waals surface area contributed by atoms with E-state index in [1.54, 1.807) is 11.3 Å². The molecule has 2 rings (SSSR count). The van der Waals surface area contributed by atoms with Crippen LogP contribution in [0.25, 0.3) is 10.4 Å². The van der Waals surface area contributed by atoms with Gasteiger partial charge in [0.2, 0.25) is 0 Å². The summed E-state index contributed by atoms with van der Waals surface area (Å²) in [6, 6.07) is 6.40. The molecule has 1 heterocycles. The molecule has 0 radical (unpaired) electrons. The van der Waals surface area contributed by atoms with Crippen molar-refractivity contribution in [2.45, 2.75) is 13.8 Å². The minimum absolute atomic E-state index is 1.09. The van der Waals surface area contributed by atoms with Gasteiger partial charge in [0.05, 0.1) is 17.6 Å². The van der Waals surface area contributed by atoms with E-state index in [9.17, 15) is 0 Å². The number of hydrogen-bond acceptors (Lipinski definition) is 1. The number of benzene rings is 1. The second-order valence-corrected chi connectivity index (χ2v) is 7.52. The number of halogens is 3. The van der Waals surface area contributed by atoms with Gasteiger partial charge in [0.15, 0.2) is 0 Å². The second kappa shape index (κ2) is 4.92.